The number of amides is 3. The minimum Gasteiger partial charge on any atom is -0.296 e. The van der Waals surface area contributed by atoms with Crippen LogP contribution >= 0.6 is 0 Å². The molecule has 2 fully saturated rings. The molecule has 8 nitrogen and oxygen atoms in total. The fraction of sp³-hybridized carbons (Fsp3) is 0.706. The van der Waals surface area contributed by atoms with Gasteiger partial charge in [-0.25, -0.2) is 9.37 Å². The van der Waals surface area contributed by atoms with E-state index in [1.54, 1.807) is 11.6 Å². The average molecular weight is 348 g/mol. The van der Waals surface area contributed by atoms with Crippen molar-refractivity contribution in [3.63, 3.8) is 0 Å². The van der Waals surface area contributed by atoms with Crippen LogP contribution in [0.5, 0.6) is 0 Å². The highest BCUT2D eigenvalue weighted by molar-refractivity contribution is 6.23. The van der Waals surface area contributed by atoms with E-state index in [0.29, 0.717) is 18.2 Å². The lowest BCUT2D eigenvalue weighted by molar-refractivity contribution is -0.524. The molecule has 0 aromatic heterocycles. The van der Waals surface area contributed by atoms with Gasteiger partial charge in [0.15, 0.2) is 5.78 Å². The summed E-state index contributed by atoms with van der Waals surface area (Å²) >= 11 is 0. The van der Waals surface area contributed by atoms with Crippen LogP contribution in [-0.2, 0) is 9.59 Å². The number of ketones is 1. The van der Waals surface area contributed by atoms with Gasteiger partial charge in [0.25, 0.3) is 17.8 Å². The third-order valence-electron chi connectivity index (χ3n) is 5.25. The van der Waals surface area contributed by atoms with Crippen molar-refractivity contribution in [2.45, 2.75) is 32.7 Å². The van der Waals surface area contributed by atoms with Crippen LogP contribution in [0.1, 0.15) is 26.7 Å². The van der Waals surface area contributed by atoms with Crippen molar-refractivity contribution >= 4 is 29.4 Å². The number of fused-ring (bicyclic) bond motifs is 1. The molecule has 0 bridgehead atoms. The number of urea groups is 1. The molecule has 1 unspecified atom stereocenters. The molecule has 3 heterocycles. The number of carbonyl (C=O) groups is 3. The second-order valence-corrected chi connectivity index (χ2v) is 7.32. The maximum Gasteiger partial charge on any atom is 0.333 e. The van der Waals surface area contributed by atoms with Gasteiger partial charge in [0.2, 0.25) is 0 Å². The van der Waals surface area contributed by atoms with Crippen molar-refractivity contribution in [2.24, 2.45) is 10.9 Å². The summed E-state index contributed by atoms with van der Waals surface area (Å²) in [6.07, 6.45) is 2.28. The second kappa shape index (κ2) is 6.67. The normalized spacial score (nSPS) is 25.6. The lowest BCUT2D eigenvalue weighted by Crippen LogP contribution is -2.61. The van der Waals surface area contributed by atoms with Gasteiger partial charge < -0.3 is 0 Å². The number of rotatable bonds is 4. The average Bonchev–Trinajstić information content (AvgIpc) is 2.91. The number of likely N-dealkylation sites (N-methyl/N-ethyl adjacent to an activating group) is 2. The lowest BCUT2D eigenvalue weighted by atomic mass is 9.99. The van der Waals surface area contributed by atoms with E-state index in [9.17, 15) is 14.4 Å². The summed E-state index contributed by atoms with van der Waals surface area (Å²) in [4.78, 5) is 46.0. The summed E-state index contributed by atoms with van der Waals surface area (Å²) in [7, 11) is 3.09. The van der Waals surface area contributed by atoms with Gasteiger partial charge in [0.05, 0.1) is 0 Å². The standard InChI is InChI=1S/C17H26N5O3/c1-11-5-7-21(8-6-11)10-13-18-15-14(22(13)9-12(2)23)16(24)20(4)17(25)19(15)3/h11,14H,5-10H2,1-4H3/q+1. The molecule has 136 valence electrons. The molecule has 0 aliphatic carbocycles. The first-order valence-corrected chi connectivity index (χ1v) is 8.77. The summed E-state index contributed by atoms with van der Waals surface area (Å²) in [6, 6.07) is -1.08. The zero-order valence-electron chi connectivity index (χ0n) is 15.4. The first kappa shape index (κ1) is 17.7. The van der Waals surface area contributed by atoms with Gasteiger partial charge in [-0.15, -0.1) is 0 Å². The van der Waals surface area contributed by atoms with E-state index in [4.69, 9.17) is 0 Å². The minimum atomic E-state index is -0.685. The summed E-state index contributed by atoms with van der Waals surface area (Å²) in [6.45, 7) is 6.45. The zero-order chi connectivity index (χ0) is 18.3. The molecule has 0 aromatic carbocycles. The maximum absolute atomic E-state index is 12.7. The number of piperidine rings is 1. The Morgan fingerprint density at radius 1 is 1.20 bits per heavy atom. The van der Waals surface area contributed by atoms with Crippen molar-refractivity contribution in [1.29, 1.82) is 0 Å². The van der Waals surface area contributed by atoms with Crippen LogP contribution < -0.4 is 0 Å². The summed E-state index contributed by atoms with van der Waals surface area (Å²) < 4.78 is 1.76. The Bertz CT molecular complexity index is 676. The first-order valence-electron chi connectivity index (χ1n) is 8.77. The number of Topliss-reactive ketones (excluding diaryl/α,β-unsaturated/α-hetero) is 1. The molecular weight excluding hydrogens is 322 g/mol. The number of carbonyl (C=O) groups excluding carboxylic acids is 3. The maximum atomic E-state index is 12.7. The molecule has 0 radical (unpaired) electrons. The number of amidine groups is 2. The smallest absolute Gasteiger partial charge is 0.296 e. The number of imide groups is 1. The highest BCUT2D eigenvalue weighted by Crippen LogP contribution is 2.21. The zero-order valence-corrected chi connectivity index (χ0v) is 15.4. The van der Waals surface area contributed by atoms with Crippen molar-refractivity contribution in [3.8, 4) is 0 Å². The molecule has 0 saturated carbocycles. The van der Waals surface area contributed by atoms with Crippen LogP contribution in [-0.4, -0.2) is 95.0 Å². The van der Waals surface area contributed by atoms with Crippen molar-refractivity contribution in [3.05, 3.63) is 0 Å². The Morgan fingerprint density at radius 2 is 1.84 bits per heavy atom. The third kappa shape index (κ3) is 3.22. The number of hydrogen-bond donors (Lipinski definition) is 0. The Hall–Kier alpha value is -2.09. The van der Waals surface area contributed by atoms with Gasteiger partial charge in [-0.3, -0.25) is 24.3 Å². The molecule has 0 N–H and O–H groups in total. The van der Waals surface area contributed by atoms with E-state index in [2.05, 4.69) is 16.8 Å². The van der Waals surface area contributed by atoms with Crippen LogP contribution in [0.25, 0.3) is 0 Å². The Labute approximate surface area is 147 Å². The number of aliphatic imine (C=N–C) groups is 1. The molecular formula is C17H26N5O3+. The van der Waals surface area contributed by atoms with Crippen LogP contribution in [0, 0.1) is 5.92 Å². The van der Waals surface area contributed by atoms with Gasteiger partial charge >= 0.3 is 11.9 Å². The minimum absolute atomic E-state index is 0.0313. The molecule has 1 atom stereocenters. The predicted molar refractivity (Wildman–Crippen MR) is 92.8 cm³/mol. The third-order valence-corrected chi connectivity index (χ3v) is 5.25. The highest BCUT2D eigenvalue weighted by Gasteiger charge is 2.53. The quantitative estimate of drug-likeness (QED) is 0.672. The highest BCUT2D eigenvalue weighted by atomic mass is 16.2. The fourth-order valence-corrected chi connectivity index (χ4v) is 3.62. The molecule has 0 spiro atoms. The van der Waals surface area contributed by atoms with E-state index >= 15 is 0 Å². The van der Waals surface area contributed by atoms with Crippen molar-refractivity contribution in [2.75, 3.05) is 40.3 Å². The summed E-state index contributed by atoms with van der Waals surface area (Å²) in [5.74, 6) is 1.50. The molecule has 2 saturated heterocycles. The van der Waals surface area contributed by atoms with Gasteiger partial charge in [-0.2, -0.15) is 0 Å². The lowest BCUT2D eigenvalue weighted by Gasteiger charge is -2.30. The molecule has 3 rings (SSSR count). The monoisotopic (exact) mass is 348 g/mol. The molecule has 3 aliphatic rings. The van der Waals surface area contributed by atoms with Gasteiger partial charge in [-0.05, 0) is 43.8 Å². The molecule has 3 amide bonds. The van der Waals surface area contributed by atoms with Crippen LogP contribution in [0.3, 0.4) is 0 Å². The Balaban J connectivity index is 1.91. The van der Waals surface area contributed by atoms with E-state index < -0.39 is 12.1 Å². The van der Waals surface area contributed by atoms with Crippen LogP contribution in [0.4, 0.5) is 4.79 Å². The molecule has 8 heteroatoms. The van der Waals surface area contributed by atoms with Crippen LogP contribution in [0.15, 0.2) is 4.99 Å². The van der Waals surface area contributed by atoms with E-state index in [1.807, 2.05) is 0 Å². The molecule has 0 aromatic rings. The Morgan fingerprint density at radius 3 is 2.44 bits per heavy atom. The number of likely N-dealkylation sites (tertiary alicyclic amines) is 1. The van der Waals surface area contributed by atoms with Crippen molar-refractivity contribution in [1.82, 2.24) is 14.7 Å². The van der Waals surface area contributed by atoms with Gasteiger partial charge in [0.1, 0.15) is 13.1 Å². The summed E-state index contributed by atoms with van der Waals surface area (Å²) in [5, 5.41) is 0. The number of hydrogen-bond acceptors (Lipinski definition) is 5. The van der Waals surface area contributed by atoms with Crippen LogP contribution in [0.2, 0.25) is 0 Å². The second-order valence-electron chi connectivity index (χ2n) is 7.32. The number of nitrogens with zero attached hydrogens (tertiary/aromatic N) is 5. The Kier molecular flexibility index (Phi) is 4.73. The van der Waals surface area contributed by atoms with Gasteiger partial charge in [-0.1, -0.05) is 6.92 Å². The summed E-state index contributed by atoms with van der Waals surface area (Å²) in [5.41, 5.74) is 0. The molecule has 3 aliphatic heterocycles. The first-order chi connectivity index (χ1) is 11.8. The largest absolute Gasteiger partial charge is 0.333 e. The molecule has 25 heavy (non-hydrogen) atoms. The van der Waals surface area contributed by atoms with Gasteiger partial charge in [0, 0.05) is 14.1 Å². The van der Waals surface area contributed by atoms with E-state index in [-0.39, 0.29) is 18.2 Å². The predicted octanol–water partition coefficient (Wildman–Crippen LogP) is 0.0228. The van der Waals surface area contributed by atoms with E-state index in [1.165, 1.54) is 18.9 Å². The van der Waals surface area contributed by atoms with Crippen molar-refractivity contribution < 1.29 is 19.0 Å². The topological polar surface area (TPSA) is 76.3 Å². The fourth-order valence-electron chi connectivity index (χ4n) is 3.62. The SMILES string of the molecule is CC(=O)C[N+]1=C(CN2CCC(C)CC2)N=C2C1C(=O)N(C)C(=O)N2C. The van der Waals surface area contributed by atoms with E-state index in [0.717, 1.165) is 36.7 Å².